The molecule has 0 aliphatic carbocycles. The van der Waals surface area contributed by atoms with E-state index in [0.717, 1.165) is 54.0 Å². The van der Waals surface area contributed by atoms with E-state index < -0.39 is 17.5 Å². The average molecular weight is 609 g/mol. The molecule has 5 aromatic rings. The Bertz CT molecular complexity index is 1760. The molecule has 0 N–H and O–H groups in total. The summed E-state index contributed by atoms with van der Waals surface area (Å²) in [6, 6.07) is 32.6. The number of esters is 2. The third-order valence-corrected chi connectivity index (χ3v) is 8.41. The number of halogens is 1. The van der Waals surface area contributed by atoms with Crippen molar-refractivity contribution in [2.75, 3.05) is 18.1 Å². The summed E-state index contributed by atoms with van der Waals surface area (Å²) in [6.45, 7) is 4.08. The van der Waals surface area contributed by atoms with Gasteiger partial charge in [0.05, 0.1) is 13.2 Å². The summed E-state index contributed by atoms with van der Waals surface area (Å²) in [4.78, 5) is 30.2. The lowest BCUT2D eigenvalue weighted by Crippen LogP contribution is -2.63. The van der Waals surface area contributed by atoms with Crippen LogP contribution in [0.2, 0.25) is 0 Å². The maximum absolute atomic E-state index is 14.2. The van der Waals surface area contributed by atoms with E-state index in [4.69, 9.17) is 9.47 Å². The lowest BCUT2D eigenvalue weighted by Gasteiger charge is -2.43. The number of hydrogen-bond acceptors (Lipinski definition) is 5. The lowest BCUT2D eigenvalue weighted by atomic mass is 9.78. The van der Waals surface area contributed by atoms with Gasteiger partial charge >= 0.3 is 11.9 Å². The van der Waals surface area contributed by atoms with Crippen molar-refractivity contribution >= 4 is 55.1 Å². The molecule has 0 spiro atoms. The highest BCUT2D eigenvalue weighted by Gasteiger charge is 2.55. The molecule has 5 nitrogen and oxygen atoms in total. The van der Waals surface area contributed by atoms with Crippen LogP contribution in [-0.2, 0) is 32.0 Å². The van der Waals surface area contributed by atoms with Gasteiger partial charge in [-0.2, -0.15) is 0 Å². The van der Waals surface area contributed by atoms with Gasteiger partial charge in [-0.3, -0.25) is 0 Å². The standard InChI is InChI=1S/C35H30BrNO4/c1-3-40-33(38)35(34(39)41-4-2)21-25-15-13-23-9-5-7-11-29(23)31(25)32-26(16-14-24-10-6-8-12-30(24)32)22-37(35)28-19-17-27(36)18-20-28/h5-20H,3-4,21-22H2,1-2H3. The first kappa shape index (κ1) is 27.0. The molecule has 6 rings (SSSR count). The summed E-state index contributed by atoms with van der Waals surface area (Å²) in [5, 5.41) is 4.41. The highest BCUT2D eigenvalue weighted by atomic mass is 79.9. The van der Waals surface area contributed by atoms with Gasteiger partial charge in [-0.25, -0.2) is 9.59 Å². The van der Waals surface area contributed by atoms with Crippen molar-refractivity contribution < 1.29 is 19.1 Å². The van der Waals surface area contributed by atoms with E-state index in [1.54, 1.807) is 13.8 Å². The number of carbonyl (C=O) groups is 2. The van der Waals surface area contributed by atoms with Crippen LogP contribution in [0.5, 0.6) is 0 Å². The smallest absolute Gasteiger partial charge is 0.344 e. The second-order valence-corrected chi connectivity index (χ2v) is 11.1. The maximum Gasteiger partial charge on any atom is 0.344 e. The van der Waals surface area contributed by atoms with Crippen molar-refractivity contribution in [2.24, 2.45) is 0 Å². The number of benzene rings is 5. The molecule has 1 aliphatic heterocycles. The Hall–Kier alpha value is -4.16. The molecule has 0 unspecified atom stereocenters. The minimum Gasteiger partial charge on any atom is -0.464 e. The van der Waals surface area contributed by atoms with Gasteiger partial charge in [0.15, 0.2) is 0 Å². The normalized spacial score (nSPS) is 14.1. The van der Waals surface area contributed by atoms with E-state index in [2.05, 4.69) is 64.5 Å². The molecular formula is C35H30BrNO4. The van der Waals surface area contributed by atoms with Crippen LogP contribution >= 0.6 is 15.9 Å². The van der Waals surface area contributed by atoms with Crippen LogP contribution in [0.4, 0.5) is 5.69 Å². The van der Waals surface area contributed by atoms with Gasteiger partial charge in [0.2, 0.25) is 5.54 Å². The highest BCUT2D eigenvalue weighted by Crippen LogP contribution is 2.45. The first-order valence-electron chi connectivity index (χ1n) is 13.9. The fraction of sp³-hybridized carbons (Fsp3) is 0.200. The first-order valence-corrected chi connectivity index (χ1v) is 14.7. The van der Waals surface area contributed by atoms with Crippen LogP contribution < -0.4 is 4.90 Å². The monoisotopic (exact) mass is 607 g/mol. The second-order valence-electron chi connectivity index (χ2n) is 10.2. The molecule has 1 heterocycles. The molecule has 0 amide bonds. The van der Waals surface area contributed by atoms with Crippen molar-refractivity contribution in [3.05, 3.63) is 113 Å². The quantitative estimate of drug-likeness (QED) is 0.150. The predicted octanol–water partition coefficient (Wildman–Crippen LogP) is 7.85. The predicted molar refractivity (Wildman–Crippen MR) is 167 cm³/mol. The van der Waals surface area contributed by atoms with E-state index in [1.807, 2.05) is 53.4 Å². The van der Waals surface area contributed by atoms with Crippen LogP contribution in [0.1, 0.15) is 25.0 Å². The number of rotatable bonds is 5. The Morgan fingerprint density at radius 3 is 1.78 bits per heavy atom. The zero-order valence-electron chi connectivity index (χ0n) is 23.0. The minimum atomic E-state index is -1.75. The van der Waals surface area contributed by atoms with Crippen LogP contribution in [0.15, 0.2) is 102 Å². The number of hydrogen-bond donors (Lipinski definition) is 0. The van der Waals surface area contributed by atoms with Crippen LogP contribution in [-0.4, -0.2) is 30.7 Å². The van der Waals surface area contributed by atoms with Gasteiger partial charge in [0.1, 0.15) is 0 Å². The largest absolute Gasteiger partial charge is 0.464 e. The summed E-state index contributed by atoms with van der Waals surface area (Å²) in [5.41, 5.74) is 2.99. The topological polar surface area (TPSA) is 55.8 Å². The lowest BCUT2D eigenvalue weighted by molar-refractivity contribution is -0.164. The van der Waals surface area contributed by atoms with Gasteiger partial charge in [0.25, 0.3) is 0 Å². The Balaban J connectivity index is 1.74. The third kappa shape index (κ3) is 4.56. The van der Waals surface area contributed by atoms with Gasteiger partial charge < -0.3 is 14.4 Å². The number of carbonyl (C=O) groups excluding carboxylic acids is 2. The second kappa shape index (κ2) is 11.0. The van der Waals surface area contributed by atoms with E-state index in [9.17, 15) is 9.59 Å². The Morgan fingerprint density at radius 2 is 1.22 bits per heavy atom. The molecule has 0 radical (unpaired) electrons. The molecule has 41 heavy (non-hydrogen) atoms. The first-order chi connectivity index (χ1) is 20.0. The summed E-state index contributed by atoms with van der Waals surface area (Å²) < 4.78 is 12.3. The number of ether oxygens (including phenoxy) is 2. The zero-order chi connectivity index (χ0) is 28.6. The summed E-state index contributed by atoms with van der Waals surface area (Å²) in [5.74, 6) is -1.24. The number of fused-ring (bicyclic) bond motifs is 7. The maximum atomic E-state index is 14.2. The van der Waals surface area contributed by atoms with E-state index >= 15 is 0 Å². The van der Waals surface area contributed by atoms with E-state index in [-0.39, 0.29) is 19.6 Å². The van der Waals surface area contributed by atoms with Gasteiger partial charge in [0, 0.05) is 23.1 Å². The molecule has 0 fully saturated rings. The van der Waals surface area contributed by atoms with Crippen molar-refractivity contribution in [3.63, 3.8) is 0 Å². The van der Waals surface area contributed by atoms with Crippen LogP contribution in [0.25, 0.3) is 32.7 Å². The van der Waals surface area contributed by atoms with Gasteiger partial charge in [-0.1, -0.05) is 88.7 Å². The summed E-state index contributed by atoms with van der Waals surface area (Å²) >= 11 is 3.53. The number of anilines is 1. The van der Waals surface area contributed by atoms with Crippen molar-refractivity contribution in [2.45, 2.75) is 32.4 Å². The molecule has 206 valence electrons. The Labute approximate surface area is 247 Å². The Kier molecular flexibility index (Phi) is 7.26. The molecule has 1 aliphatic rings. The minimum absolute atomic E-state index is 0.0869. The third-order valence-electron chi connectivity index (χ3n) is 7.88. The van der Waals surface area contributed by atoms with E-state index in [0.29, 0.717) is 6.54 Å². The van der Waals surface area contributed by atoms with Crippen molar-refractivity contribution in [1.82, 2.24) is 0 Å². The Morgan fingerprint density at radius 1 is 0.707 bits per heavy atom. The molecule has 0 saturated heterocycles. The molecule has 0 bridgehead atoms. The molecule has 0 atom stereocenters. The SMILES string of the molecule is CCOC(=O)C1(C(=O)OCC)Cc2ccc3ccccc3c2-c2c(ccc3ccccc23)CN1c1ccc(Br)cc1. The fourth-order valence-corrected chi connectivity index (χ4v) is 6.33. The fourth-order valence-electron chi connectivity index (χ4n) is 6.06. The summed E-state index contributed by atoms with van der Waals surface area (Å²) in [7, 11) is 0. The average Bonchev–Trinajstić information content (AvgIpc) is 2.98. The molecule has 0 saturated carbocycles. The zero-order valence-corrected chi connectivity index (χ0v) is 24.6. The van der Waals surface area contributed by atoms with Crippen molar-refractivity contribution in [3.8, 4) is 11.1 Å². The summed E-state index contributed by atoms with van der Waals surface area (Å²) in [6.07, 6.45) is 0.0869. The van der Waals surface area contributed by atoms with Crippen molar-refractivity contribution in [1.29, 1.82) is 0 Å². The van der Waals surface area contributed by atoms with Crippen LogP contribution in [0.3, 0.4) is 0 Å². The number of nitrogens with zero attached hydrogens (tertiary/aromatic N) is 1. The molecule has 6 heteroatoms. The highest BCUT2D eigenvalue weighted by molar-refractivity contribution is 9.10. The van der Waals surface area contributed by atoms with Gasteiger partial charge in [-0.05, 0) is 81.9 Å². The molecular weight excluding hydrogens is 578 g/mol. The molecule has 0 aromatic heterocycles. The molecule has 5 aromatic carbocycles. The van der Waals surface area contributed by atoms with Crippen LogP contribution in [0, 0.1) is 0 Å². The van der Waals surface area contributed by atoms with Gasteiger partial charge in [-0.15, -0.1) is 0 Å². The van der Waals surface area contributed by atoms with E-state index in [1.165, 1.54) is 0 Å².